The lowest BCUT2D eigenvalue weighted by molar-refractivity contribution is -0.152. The van der Waals surface area contributed by atoms with Gasteiger partial charge in [-0.3, -0.25) is 9.59 Å². The van der Waals surface area contributed by atoms with Crippen molar-refractivity contribution in [2.45, 2.75) is 44.9 Å². The van der Waals surface area contributed by atoms with Crippen LogP contribution in [-0.4, -0.2) is 18.9 Å². The number of Topliss-reactive ketones (excluding diaryl/α,β-unsaturated/α-hetero) is 1. The normalized spacial score (nSPS) is 37.7. The predicted octanol–water partition coefficient (Wildman–Crippen LogP) is 3.65. The van der Waals surface area contributed by atoms with Crippen LogP contribution in [0.3, 0.4) is 0 Å². The van der Waals surface area contributed by atoms with Crippen LogP contribution < -0.4 is 0 Å². The van der Waals surface area contributed by atoms with Gasteiger partial charge in [-0.15, -0.1) is 0 Å². The number of esters is 1. The molecule has 1 aromatic rings. The molecule has 1 aromatic carbocycles. The first kappa shape index (κ1) is 17.3. The van der Waals surface area contributed by atoms with Crippen molar-refractivity contribution in [3.63, 3.8) is 0 Å². The first-order valence-electron chi connectivity index (χ1n) is 9.61. The van der Waals surface area contributed by atoms with Crippen LogP contribution in [0.2, 0.25) is 0 Å². The topological polar surface area (TPSA) is 67.2 Å². The minimum atomic E-state index is -0.710. The molecule has 26 heavy (non-hydrogen) atoms. The SMILES string of the molecule is COC(=O)[C@H]1C[C@]2(C#N)[C@@H](C(C)=O)CC[C@H]2[C@@H]2CCc3ccccc3[C@H]21. The summed E-state index contributed by atoms with van der Waals surface area (Å²) in [6, 6.07) is 10.9. The zero-order valence-corrected chi connectivity index (χ0v) is 15.4. The van der Waals surface area contributed by atoms with Crippen LogP contribution in [0.1, 0.15) is 49.7 Å². The highest BCUT2D eigenvalue weighted by Gasteiger charge is 2.63. The molecule has 3 aliphatic carbocycles. The molecule has 4 rings (SSSR count). The number of carbonyl (C=O) groups excluding carboxylic acids is 2. The third kappa shape index (κ3) is 2.26. The summed E-state index contributed by atoms with van der Waals surface area (Å²) in [7, 11) is 1.42. The van der Waals surface area contributed by atoms with Gasteiger partial charge in [0.25, 0.3) is 0 Å². The van der Waals surface area contributed by atoms with E-state index in [0.29, 0.717) is 6.42 Å². The number of hydrogen-bond acceptors (Lipinski definition) is 4. The van der Waals surface area contributed by atoms with E-state index in [9.17, 15) is 14.9 Å². The van der Waals surface area contributed by atoms with Crippen LogP contribution in [0.25, 0.3) is 0 Å². The summed E-state index contributed by atoms with van der Waals surface area (Å²) in [6.07, 6.45) is 4.09. The van der Waals surface area contributed by atoms with E-state index in [1.165, 1.54) is 18.2 Å². The maximum absolute atomic E-state index is 12.7. The largest absolute Gasteiger partial charge is 0.469 e. The number of benzene rings is 1. The van der Waals surface area contributed by atoms with Gasteiger partial charge in [0.15, 0.2) is 0 Å². The van der Waals surface area contributed by atoms with Gasteiger partial charge < -0.3 is 4.74 Å². The van der Waals surface area contributed by atoms with Crippen LogP contribution in [0.5, 0.6) is 0 Å². The molecule has 0 spiro atoms. The third-order valence-corrected chi connectivity index (χ3v) is 7.38. The molecule has 2 saturated carbocycles. The number of nitrogens with zero attached hydrogens (tertiary/aromatic N) is 1. The second kappa shape index (κ2) is 6.23. The zero-order valence-electron chi connectivity index (χ0n) is 15.4. The molecule has 0 unspecified atom stereocenters. The van der Waals surface area contributed by atoms with Gasteiger partial charge in [-0.05, 0) is 62.0 Å². The molecule has 0 aliphatic heterocycles. The quantitative estimate of drug-likeness (QED) is 0.763. The van der Waals surface area contributed by atoms with Crippen molar-refractivity contribution < 1.29 is 14.3 Å². The molecule has 0 radical (unpaired) electrons. The molecule has 4 heteroatoms. The van der Waals surface area contributed by atoms with Crippen molar-refractivity contribution in [1.82, 2.24) is 0 Å². The van der Waals surface area contributed by atoms with E-state index in [1.807, 2.05) is 6.07 Å². The van der Waals surface area contributed by atoms with Gasteiger partial charge >= 0.3 is 5.97 Å². The number of ether oxygens (including phenoxy) is 1. The molecule has 0 bridgehead atoms. The minimum Gasteiger partial charge on any atom is -0.469 e. The van der Waals surface area contributed by atoms with E-state index < -0.39 is 5.41 Å². The van der Waals surface area contributed by atoms with Gasteiger partial charge in [-0.25, -0.2) is 0 Å². The molecule has 0 amide bonds. The lowest BCUT2D eigenvalue weighted by atomic mass is 9.50. The fraction of sp³-hybridized carbons (Fsp3) is 0.591. The van der Waals surface area contributed by atoms with E-state index in [1.54, 1.807) is 6.92 Å². The van der Waals surface area contributed by atoms with E-state index in [2.05, 4.69) is 24.3 Å². The highest BCUT2D eigenvalue weighted by Crippen LogP contribution is 2.64. The first-order valence-corrected chi connectivity index (χ1v) is 9.61. The molecule has 0 aromatic heterocycles. The van der Waals surface area contributed by atoms with Gasteiger partial charge in [0, 0.05) is 11.8 Å². The number of rotatable bonds is 2. The Morgan fingerprint density at radius 2 is 2.00 bits per heavy atom. The summed E-state index contributed by atoms with van der Waals surface area (Å²) in [5.41, 5.74) is 1.85. The maximum atomic E-state index is 12.7. The zero-order chi connectivity index (χ0) is 18.5. The highest BCUT2D eigenvalue weighted by molar-refractivity contribution is 5.81. The van der Waals surface area contributed by atoms with Gasteiger partial charge in [-0.1, -0.05) is 24.3 Å². The lowest BCUT2D eigenvalue weighted by Crippen LogP contribution is -2.50. The number of aryl methyl sites for hydroxylation is 1. The average Bonchev–Trinajstić information content (AvgIpc) is 3.06. The van der Waals surface area contributed by atoms with Crippen molar-refractivity contribution in [2.24, 2.45) is 29.1 Å². The van der Waals surface area contributed by atoms with E-state index in [-0.39, 0.29) is 41.3 Å². The summed E-state index contributed by atoms with van der Waals surface area (Å²) in [6.45, 7) is 1.60. The number of methoxy groups -OCH3 is 1. The first-order chi connectivity index (χ1) is 12.5. The van der Waals surface area contributed by atoms with Crippen molar-refractivity contribution in [3.8, 4) is 6.07 Å². The van der Waals surface area contributed by atoms with Crippen LogP contribution >= 0.6 is 0 Å². The number of carbonyl (C=O) groups is 2. The lowest BCUT2D eigenvalue weighted by Gasteiger charge is -2.51. The van der Waals surface area contributed by atoms with Crippen molar-refractivity contribution in [1.29, 1.82) is 5.26 Å². The monoisotopic (exact) mass is 351 g/mol. The van der Waals surface area contributed by atoms with Crippen LogP contribution in [-0.2, 0) is 20.7 Å². The third-order valence-electron chi connectivity index (χ3n) is 7.38. The molecule has 136 valence electrons. The highest BCUT2D eigenvalue weighted by atomic mass is 16.5. The second-order valence-electron chi connectivity index (χ2n) is 8.26. The van der Waals surface area contributed by atoms with Gasteiger partial charge in [0.2, 0.25) is 0 Å². The Balaban J connectivity index is 1.85. The molecular weight excluding hydrogens is 326 g/mol. The Kier molecular flexibility index (Phi) is 4.14. The molecule has 3 aliphatic rings. The van der Waals surface area contributed by atoms with Gasteiger partial charge in [0.05, 0.1) is 24.5 Å². The van der Waals surface area contributed by atoms with Crippen LogP contribution in [0.4, 0.5) is 0 Å². The molecular formula is C22H25NO3. The van der Waals surface area contributed by atoms with E-state index >= 15 is 0 Å². The molecule has 4 nitrogen and oxygen atoms in total. The summed E-state index contributed by atoms with van der Waals surface area (Å²) >= 11 is 0. The Morgan fingerprint density at radius 1 is 1.23 bits per heavy atom. The van der Waals surface area contributed by atoms with Crippen LogP contribution in [0.15, 0.2) is 24.3 Å². The Labute approximate surface area is 154 Å². The Hall–Kier alpha value is -2.15. The van der Waals surface area contributed by atoms with Crippen molar-refractivity contribution >= 4 is 11.8 Å². The molecule has 0 N–H and O–H groups in total. The van der Waals surface area contributed by atoms with Crippen molar-refractivity contribution in [2.75, 3.05) is 7.11 Å². The standard InChI is InChI=1S/C22H25NO3/c1-13(24)18-9-10-19-16-8-7-14-5-3-4-6-15(14)20(16)17(21(25)26-2)11-22(18,19)12-23/h3-6,16-20H,7-11H2,1-2H3/t16-,17-,18+,19-,20+,22-/m0/s1. The number of fused-ring (bicyclic) bond motifs is 5. The minimum absolute atomic E-state index is 0.0901. The fourth-order valence-corrected chi connectivity index (χ4v) is 6.44. The Bertz CT molecular complexity index is 795. The van der Waals surface area contributed by atoms with Crippen molar-refractivity contribution in [3.05, 3.63) is 35.4 Å². The molecule has 0 heterocycles. The van der Waals surface area contributed by atoms with Gasteiger partial charge in [-0.2, -0.15) is 5.26 Å². The summed E-state index contributed by atoms with van der Waals surface area (Å²) in [4.78, 5) is 25.0. The maximum Gasteiger partial charge on any atom is 0.309 e. The molecule has 0 saturated heterocycles. The number of nitriles is 1. The van der Waals surface area contributed by atoms with E-state index in [0.717, 1.165) is 25.7 Å². The number of ketones is 1. The summed E-state index contributed by atoms with van der Waals surface area (Å²) in [5.74, 6) is -0.173. The van der Waals surface area contributed by atoms with Gasteiger partial charge in [0.1, 0.15) is 5.78 Å². The van der Waals surface area contributed by atoms with Crippen LogP contribution in [0, 0.1) is 40.4 Å². The second-order valence-corrected chi connectivity index (χ2v) is 8.26. The summed E-state index contributed by atoms with van der Waals surface area (Å²) < 4.78 is 5.15. The smallest absolute Gasteiger partial charge is 0.309 e. The number of hydrogen-bond donors (Lipinski definition) is 0. The predicted molar refractivity (Wildman–Crippen MR) is 96.1 cm³/mol. The molecule has 6 atom stereocenters. The average molecular weight is 351 g/mol. The fourth-order valence-electron chi connectivity index (χ4n) is 6.44. The molecule has 2 fully saturated rings. The Morgan fingerprint density at radius 3 is 2.69 bits per heavy atom. The van der Waals surface area contributed by atoms with E-state index in [4.69, 9.17) is 4.74 Å². The summed E-state index contributed by atoms with van der Waals surface area (Å²) in [5, 5.41) is 10.2.